The van der Waals surface area contributed by atoms with Crippen molar-refractivity contribution in [3.63, 3.8) is 0 Å². The van der Waals surface area contributed by atoms with E-state index >= 15 is 0 Å². The van der Waals surface area contributed by atoms with E-state index in [1.54, 1.807) is 0 Å². The number of piperidine rings is 2. The average molecular weight is 324 g/mol. The van der Waals surface area contributed by atoms with Gasteiger partial charge in [-0.3, -0.25) is 9.80 Å². The molecule has 0 aliphatic carbocycles. The molecule has 23 heavy (non-hydrogen) atoms. The van der Waals surface area contributed by atoms with Crippen molar-refractivity contribution in [2.24, 2.45) is 5.92 Å². The number of hydrogen-bond acceptors (Lipinski definition) is 5. The van der Waals surface area contributed by atoms with Gasteiger partial charge in [-0.2, -0.15) is 0 Å². The van der Waals surface area contributed by atoms with Crippen LogP contribution in [0.3, 0.4) is 0 Å². The summed E-state index contributed by atoms with van der Waals surface area (Å²) in [5.41, 5.74) is 0. The molecular formula is C18H37N5. The minimum Gasteiger partial charge on any atom is -0.307 e. The van der Waals surface area contributed by atoms with E-state index in [1.807, 2.05) is 7.05 Å². The third kappa shape index (κ3) is 5.13. The maximum absolute atomic E-state index is 3.28. The van der Waals surface area contributed by atoms with E-state index in [1.165, 1.54) is 84.6 Å². The van der Waals surface area contributed by atoms with Crippen LogP contribution in [0.15, 0.2) is 0 Å². The van der Waals surface area contributed by atoms with Crippen LogP contribution in [0, 0.1) is 5.92 Å². The lowest BCUT2D eigenvalue weighted by Crippen LogP contribution is -2.54. The number of nitrogens with one attached hydrogen (secondary N) is 1. The zero-order chi connectivity index (χ0) is 16.1. The molecule has 3 heterocycles. The summed E-state index contributed by atoms with van der Waals surface area (Å²) in [6.07, 6.45) is 5.59. The topological polar surface area (TPSA) is 25.0 Å². The van der Waals surface area contributed by atoms with Crippen molar-refractivity contribution in [1.82, 2.24) is 24.9 Å². The van der Waals surface area contributed by atoms with E-state index in [0.717, 1.165) is 18.6 Å². The first-order valence-electron chi connectivity index (χ1n) is 9.76. The normalized spacial score (nSPS) is 28.4. The van der Waals surface area contributed by atoms with Crippen LogP contribution in [0.1, 0.15) is 25.7 Å². The number of nitrogens with zero attached hydrogens (tertiary/aromatic N) is 4. The van der Waals surface area contributed by atoms with Crippen molar-refractivity contribution in [3.8, 4) is 0 Å². The SMILES string of the molecule is CNCN1CCN(C2CCN(CC3CCN(C)CC3)CC2)CC1. The Morgan fingerprint density at radius 3 is 2.04 bits per heavy atom. The van der Waals surface area contributed by atoms with Gasteiger partial charge >= 0.3 is 0 Å². The maximum Gasteiger partial charge on any atom is 0.0479 e. The zero-order valence-electron chi connectivity index (χ0n) is 15.3. The molecular weight excluding hydrogens is 286 g/mol. The molecule has 0 aromatic rings. The van der Waals surface area contributed by atoms with Gasteiger partial charge in [0.25, 0.3) is 0 Å². The number of rotatable bonds is 5. The Balaban J connectivity index is 1.34. The Bertz CT molecular complexity index is 326. The lowest BCUT2D eigenvalue weighted by molar-refractivity contribution is 0.0502. The molecule has 0 radical (unpaired) electrons. The molecule has 0 bridgehead atoms. The summed E-state index contributed by atoms with van der Waals surface area (Å²) >= 11 is 0. The van der Waals surface area contributed by atoms with Gasteiger partial charge in [0.05, 0.1) is 0 Å². The van der Waals surface area contributed by atoms with Crippen LogP contribution in [-0.2, 0) is 0 Å². The van der Waals surface area contributed by atoms with Crippen molar-refractivity contribution in [3.05, 3.63) is 0 Å². The summed E-state index contributed by atoms with van der Waals surface area (Å²) in [6.45, 7) is 12.7. The molecule has 1 N–H and O–H groups in total. The standard InChI is InChI=1S/C18H37N5/c1-19-16-22-11-13-23(14-12-22)18-5-9-21(10-6-18)15-17-3-7-20(2)8-4-17/h17-19H,3-16H2,1-2H3. The van der Waals surface area contributed by atoms with Gasteiger partial charge in [-0.15, -0.1) is 0 Å². The first-order chi connectivity index (χ1) is 11.2. The molecule has 0 saturated carbocycles. The number of hydrogen-bond donors (Lipinski definition) is 1. The summed E-state index contributed by atoms with van der Waals surface area (Å²) in [4.78, 5) is 10.5. The van der Waals surface area contributed by atoms with Gasteiger partial charge in [-0.25, -0.2) is 0 Å². The summed E-state index contributed by atoms with van der Waals surface area (Å²) in [6, 6.07) is 0.848. The second-order valence-electron chi connectivity index (χ2n) is 7.94. The molecule has 3 aliphatic rings. The molecule has 0 aromatic heterocycles. The fourth-order valence-corrected chi connectivity index (χ4v) is 4.59. The number of likely N-dealkylation sites (tertiary alicyclic amines) is 2. The largest absolute Gasteiger partial charge is 0.307 e. The third-order valence-corrected chi connectivity index (χ3v) is 6.22. The maximum atomic E-state index is 3.28. The molecule has 3 saturated heterocycles. The predicted molar refractivity (Wildman–Crippen MR) is 96.8 cm³/mol. The van der Waals surface area contributed by atoms with Gasteiger partial charge in [0.2, 0.25) is 0 Å². The average Bonchev–Trinajstić information content (AvgIpc) is 2.59. The fourth-order valence-electron chi connectivity index (χ4n) is 4.59. The van der Waals surface area contributed by atoms with E-state index < -0.39 is 0 Å². The summed E-state index contributed by atoms with van der Waals surface area (Å²) < 4.78 is 0. The molecule has 0 spiro atoms. The smallest absolute Gasteiger partial charge is 0.0479 e. The lowest BCUT2D eigenvalue weighted by Gasteiger charge is -2.43. The third-order valence-electron chi connectivity index (χ3n) is 6.22. The van der Waals surface area contributed by atoms with E-state index in [4.69, 9.17) is 0 Å². The first-order valence-corrected chi connectivity index (χ1v) is 9.76. The number of piperazine rings is 1. The Kier molecular flexibility index (Phi) is 6.72. The quantitative estimate of drug-likeness (QED) is 0.798. The van der Waals surface area contributed by atoms with Crippen molar-refractivity contribution < 1.29 is 0 Å². The van der Waals surface area contributed by atoms with Crippen LogP contribution >= 0.6 is 0 Å². The summed E-state index contributed by atoms with van der Waals surface area (Å²) in [7, 11) is 4.31. The molecule has 0 aromatic carbocycles. The highest BCUT2D eigenvalue weighted by molar-refractivity contribution is 4.84. The Hall–Kier alpha value is -0.200. The van der Waals surface area contributed by atoms with Gasteiger partial charge in [0, 0.05) is 45.4 Å². The van der Waals surface area contributed by atoms with Crippen molar-refractivity contribution in [2.45, 2.75) is 31.7 Å². The van der Waals surface area contributed by atoms with Crippen molar-refractivity contribution >= 4 is 0 Å². The minimum atomic E-state index is 0.848. The Morgan fingerprint density at radius 1 is 0.783 bits per heavy atom. The van der Waals surface area contributed by atoms with Gasteiger partial charge in [0.15, 0.2) is 0 Å². The van der Waals surface area contributed by atoms with E-state index in [2.05, 4.69) is 32.0 Å². The second kappa shape index (κ2) is 8.77. The van der Waals surface area contributed by atoms with Crippen LogP contribution in [0.2, 0.25) is 0 Å². The Labute approximate surface area is 143 Å². The first kappa shape index (κ1) is 17.6. The zero-order valence-corrected chi connectivity index (χ0v) is 15.3. The van der Waals surface area contributed by atoms with Crippen LogP contribution in [0.5, 0.6) is 0 Å². The second-order valence-corrected chi connectivity index (χ2v) is 7.94. The molecule has 3 fully saturated rings. The molecule has 5 heteroatoms. The summed E-state index contributed by atoms with van der Waals surface area (Å²) in [5.74, 6) is 0.952. The molecule has 3 aliphatic heterocycles. The van der Waals surface area contributed by atoms with Crippen molar-refractivity contribution in [2.75, 3.05) is 79.7 Å². The van der Waals surface area contributed by atoms with Gasteiger partial charge in [-0.05, 0) is 71.9 Å². The predicted octanol–water partition coefficient (Wildman–Crippen LogP) is 0.587. The molecule has 0 amide bonds. The van der Waals surface area contributed by atoms with Crippen LogP contribution in [-0.4, -0.2) is 105 Å². The fraction of sp³-hybridized carbons (Fsp3) is 1.00. The molecule has 3 rings (SSSR count). The van der Waals surface area contributed by atoms with Gasteiger partial charge < -0.3 is 15.1 Å². The van der Waals surface area contributed by atoms with E-state index in [9.17, 15) is 0 Å². The van der Waals surface area contributed by atoms with Gasteiger partial charge in [0.1, 0.15) is 0 Å². The van der Waals surface area contributed by atoms with E-state index in [-0.39, 0.29) is 0 Å². The van der Waals surface area contributed by atoms with Crippen LogP contribution in [0.4, 0.5) is 0 Å². The molecule has 134 valence electrons. The Morgan fingerprint density at radius 2 is 1.43 bits per heavy atom. The molecule has 5 nitrogen and oxygen atoms in total. The lowest BCUT2D eigenvalue weighted by atomic mass is 9.94. The monoisotopic (exact) mass is 323 g/mol. The van der Waals surface area contributed by atoms with Crippen LogP contribution in [0.25, 0.3) is 0 Å². The highest BCUT2D eigenvalue weighted by Crippen LogP contribution is 2.22. The molecule has 0 unspecified atom stereocenters. The highest BCUT2D eigenvalue weighted by atomic mass is 15.3. The van der Waals surface area contributed by atoms with Crippen LogP contribution < -0.4 is 5.32 Å². The summed E-state index contributed by atoms with van der Waals surface area (Å²) in [5, 5.41) is 3.28. The van der Waals surface area contributed by atoms with Crippen molar-refractivity contribution in [1.29, 1.82) is 0 Å². The highest BCUT2D eigenvalue weighted by Gasteiger charge is 2.28. The van der Waals surface area contributed by atoms with E-state index in [0.29, 0.717) is 0 Å². The minimum absolute atomic E-state index is 0.848. The molecule has 0 atom stereocenters. The van der Waals surface area contributed by atoms with Gasteiger partial charge in [-0.1, -0.05) is 0 Å².